The number of carbonyl (C=O) groups is 1. The first-order valence-electron chi connectivity index (χ1n) is 4.50. The van der Waals surface area contributed by atoms with E-state index in [1.807, 2.05) is 0 Å². The second kappa shape index (κ2) is 5.00. The van der Waals surface area contributed by atoms with Crippen molar-refractivity contribution in [2.75, 3.05) is 20.1 Å². The zero-order valence-corrected chi connectivity index (χ0v) is 9.16. The SMILES string of the molecule is CN(CCN)C(=O)c1ccc(Cl)cc1O. The molecule has 0 fully saturated rings. The van der Waals surface area contributed by atoms with Gasteiger partial charge in [0, 0.05) is 25.2 Å². The number of hydrogen-bond donors (Lipinski definition) is 2. The Kier molecular flexibility index (Phi) is 3.94. The Morgan fingerprint density at radius 1 is 1.60 bits per heavy atom. The van der Waals surface area contributed by atoms with Crippen molar-refractivity contribution in [1.82, 2.24) is 4.90 Å². The van der Waals surface area contributed by atoms with Crippen LogP contribution in [0.4, 0.5) is 0 Å². The number of phenolic OH excluding ortho intramolecular Hbond substituents is 1. The van der Waals surface area contributed by atoms with Crippen LogP contribution in [0.3, 0.4) is 0 Å². The van der Waals surface area contributed by atoms with Crippen molar-refractivity contribution in [3.63, 3.8) is 0 Å². The monoisotopic (exact) mass is 228 g/mol. The van der Waals surface area contributed by atoms with E-state index in [1.165, 1.54) is 17.0 Å². The lowest BCUT2D eigenvalue weighted by Crippen LogP contribution is -2.31. The minimum absolute atomic E-state index is 0.114. The number of aromatic hydroxyl groups is 1. The van der Waals surface area contributed by atoms with Gasteiger partial charge < -0.3 is 15.7 Å². The van der Waals surface area contributed by atoms with E-state index >= 15 is 0 Å². The van der Waals surface area contributed by atoms with Gasteiger partial charge in [0.15, 0.2) is 0 Å². The number of hydrogen-bond acceptors (Lipinski definition) is 3. The van der Waals surface area contributed by atoms with Gasteiger partial charge in [-0.05, 0) is 18.2 Å². The quantitative estimate of drug-likeness (QED) is 0.814. The van der Waals surface area contributed by atoms with Crippen molar-refractivity contribution in [1.29, 1.82) is 0 Å². The molecule has 0 spiro atoms. The van der Waals surface area contributed by atoms with E-state index in [4.69, 9.17) is 17.3 Å². The standard InChI is InChI=1S/C10H13ClN2O2/c1-13(5-4-12)10(15)8-3-2-7(11)6-9(8)14/h2-3,6,14H,4-5,12H2,1H3. The molecule has 0 saturated carbocycles. The van der Waals surface area contributed by atoms with Crippen LogP contribution in [0.2, 0.25) is 5.02 Å². The molecule has 0 aliphatic rings. The van der Waals surface area contributed by atoms with Gasteiger partial charge in [0.2, 0.25) is 0 Å². The average Bonchev–Trinajstić information content (AvgIpc) is 2.17. The fourth-order valence-electron chi connectivity index (χ4n) is 1.19. The van der Waals surface area contributed by atoms with E-state index < -0.39 is 0 Å². The van der Waals surface area contributed by atoms with Crippen LogP contribution in [0.15, 0.2) is 18.2 Å². The summed E-state index contributed by atoms with van der Waals surface area (Å²) in [5.41, 5.74) is 5.56. The molecule has 3 N–H and O–H groups in total. The Balaban J connectivity index is 2.91. The van der Waals surface area contributed by atoms with Crippen molar-refractivity contribution < 1.29 is 9.90 Å². The molecule has 1 aromatic rings. The molecule has 5 heteroatoms. The Bertz CT molecular complexity index is 368. The maximum absolute atomic E-state index is 11.7. The molecule has 0 saturated heterocycles. The minimum Gasteiger partial charge on any atom is -0.507 e. The fraction of sp³-hybridized carbons (Fsp3) is 0.300. The Labute approximate surface area is 93.2 Å². The summed E-state index contributed by atoms with van der Waals surface area (Å²) >= 11 is 5.66. The maximum Gasteiger partial charge on any atom is 0.257 e. The highest BCUT2D eigenvalue weighted by Crippen LogP contribution is 2.22. The lowest BCUT2D eigenvalue weighted by molar-refractivity contribution is 0.0796. The zero-order valence-electron chi connectivity index (χ0n) is 8.40. The molecule has 0 aliphatic heterocycles. The third kappa shape index (κ3) is 2.84. The van der Waals surface area contributed by atoms with E-state index in [2.05, 4.69) is 0 Å². The summed E-state index contributed by atoms with van der Waals surface area (Å²) in [5, 5.41) is 9.91. The van der Waals surface area contributed by atoms with Crippen LogP contribution in [0.1, 0.15) is 10.4 Å². The van der Waals surface area contributed by atoms with Crippen molar-refractivity contribution >= 4 is 17.5 Å². The summed E-state index contributed by atoms with van der Waals surface area (Å²) in [6.07, 6.45) is 0. The predicted octanol–water partition coefficient (Wildman–Crippen LogP) is 1.08. The highest BCUT2D eigenvalue weighted by Gasteiger charge is 2.14. The first-order chi connectivity index (χ1) is 7.06. The largest absolute Gasteiger partial charge is 0.507 e. The number of rotatable bonds is 3. The number of likely N-dealkylation sites (N-methyl/N-ethyl adjacent to an activating group) is 1. The molecule has 4 nitrogen and oxygen atoms in total. The summed E-state index contributed by atoms with van der Waals surface area (Å²) in [5.74, 6) is -0.383. The first kappa shape index (κ1) is 11.8. The molecule has 0 aliphatic carbocycles. The Hall–Kier alpha value is -1.26. The Morgan fingerprint density at radius 3 is 2.80 bits per heavy atom. The average molecular weight is 229 g/mol. The van der Waals surface area contributed by atoms with Gasteiger partial charge in [-0.15, -0.1) is 0 Å². The van der Waals surface area contributed by atoms with Crippen molar-refractivity contribution in [3.8, 4) is 5.75 Å². The van der Waals surface area contributed by atoms with Gasteiger partial charge in [0.1, 0.15) is 5.75 Å². The van der Waals surface area contributed by atoms with Gasteiger partial charge in [0.25, 0.3) is 5.91 Å². The maximum atomic E-state index is 11.7. The predicted molar refractivity (Wildman–Crippen MR) is 59.1 cm³/mol. The summed E-state index contributed by atoms with van der Waals surface area (Å²) in [7, 11) is 1.63. The summed E-state index contributed by atoms with van der Waals surface area (Å²) < 4.78 is 0. The molecule has 1 aromatic carbocycles. The van der Waals surface area contributed by atoms with E-state index in [0.717, 1.165) is 0 Å². The lowest BCUT2D eigenvalue weighted by Gasteiger charge is -2.16. The van der Waals surface area contributed by atoms with Crippen molar-refractivity contribution in [2.45, 2.75) is 0 Å². The highest BCUT2D eigenvalue weighted by atomic mass is 35.5. The number of benzene rings is 1. The van der Waals surface area contributed by atoms with Gasteiger partial charge in [-0.3, -0.25) is 4.79 Å². The van der Waals surface area contributed by atoms with E-state index in [-0.39, 0.29) is 17.2 Å². The van der Waals surface area contributed by atoms with Crippen LogP contribution in [-0.4, -0.2) is 36.1 Å². The fourth-order valence-corrected chi connectivity index (χ4v) is 1.35. The van der Waals surface area contributed by atoms with Gasteiger partial charge in [-0.25, -0.2) is 0 Å². The van der Waals surface area contributed by atoms with E-state index in [9.17, 15) is 9.90 Å². The third-order valence-corrected chi connectivity index (χ3v) is 2.24. The van der Waals surface area contributed by atoms with Gasteiger partial charge in [-0.1, -0.05) is 11.6 Å². The van der Waals surface area contributed by atoms with Crippen LogP contribution in [0, 0.1) is 0 Å². The molecule has 0 aromatic heterocycles. The number of amides is 1. The molecule has 0 atom stereocenters. The zero-order chi connectivity index (χ0) is 11.4. The van der Waals surface area contributed by atoms with Crippen LogP contribution < -0.4 is 5.73 Å². The first-order valence-corrected chi connectivity index (χ1v) is 4.88. The smallest absolute Gasteiger partial charge is 0.257 e. The number of halogens is 1. The topological polar surface area (TPSA) is 66.6 Å². The minimum atomic E-state index is -0.269. The number of nitrogens with zero attached hydrogens (tertiary/aromatic N) is 1. The molecule has 0 heterocycles. The molecule has 82 valence electrons. The van der Waals surface area contributed by atoms with E-state index in [1.54, 1.807) is 13.1 Å². The second-order valence-corrected chi connectivity index (χ2v) is 3.61. The van der Waals surface area contributed by atoms with E-state index in [0.29, 0.717) is 18.1 Å². The van der Waals surface area contributed by atoms with Crippen molar-refractivity contribution in [3.05, 3.63) is 28.8 Å². The lowest BCUT2D eigenvalue weighted by atomic mass is 10.2. The molecule has 0 unspecified atom stereocenters. The normalized spacial score (nSPS) is 10.1. The molecule has 0 radical (unpaired) electrons. The Morgan fingerprint density at radius 2 is 2.27 bits per heavy atom. The molecule has 1 rings (SSSR count). The summed E-state index contributed by atoms with van der Waals surface area (Å²) in [6, 6.07) is 4.39. The molecule has 1 amide bonds. The summed E-state index contributed by atoms with van der Waals surface area (Å²) in [4.78, 5) is 13.2. The molecule has 0 bridgehead atoms. The number of phenols is 1. The number of nitrogens with two attached hydrogens (primary N) is 1. The van der Waals surface area contributed by atoms with Gasteiger partial charge in [-0.2, -0.15) is 0 Å². The molecular formula is C10H13ClN2O2. The van der Waals surface area contributed by atoms with Crippen LogP contribution in [0.5, 0.6) is 5.75 Å². The summed E-state index contributed by atoms with van der Waals surface area (Å²) in [6.45, 7) is 0.831. The van der Waals surface area contributed by atoms with Crippen LogP contribution >= 0.6 is 11.6 Å². The van der Waals surface area contributed by atoms with Crippen molar-refractivity contribution in [2.24, 2.45) is 5.73 Å². The van der Waals surface area contributed by atoms with Gasteiger partial charge >= 0.3 is 0 Å². The van der Waals surface area contributed by atoms with Crippen LogP contribution in [0.25, 0.3) is 0 Å². The highest BCUT2D eigenvalue weighted by molar-refractivity contribution is 6.30. The number of carbonyl (C=O) groups excluding carboxylic acids is 1. The third-order valence-electron chi connectivity index (χ3n) is 2.00. The van der Waals surface area contributed by atoms with Crippen LogP contribution in [-0.2, 0) is 0 Å². The van der Waals surface area contributed by atoms with Gasteiger partial charge in [0.05, 0.1) is 5.56 Å². The second-order valence-electron chi connectivity index (χ2n) is 3.18. The molecular weight excluding hydrogens is 216 g/mol. The molecule has 15 heavy (non-hydrogen) atoms.